The third-order valence-electron chi connectivity index (χ3n) is 4.46. The van der Waals surface area contributed by atoms with Crippen molar-refractivity contribution < 1.29 is 23.4 Å². The molecule has 0 spiro atoms. The van der Waals surface area contributed by atoms with Crippen molar-refractivity contribution in [2.75, 3.05) is 21.3 Å². The molecule has 3 aromatic rings. The molecule has 0 saturated heterocycles. The van der Waals surface area contributed by atoms with Gasteiger partial charge in [-0.1, -0.05) is 6.08 Å². The first kappa shape index (κ1) is 20.1. The fraction of sp³-hybridized carbons (Fsp3) is 0.182. The average Bonchev–Trinajstić information content (AvgIpc) is 3.13. The van der Waals surface area contributed by atoms with E-state index in [0.717, 1.165) is 5.56 Å². The van der Waals surface area contributed by atoms with Crippen LogP contribution in [0.3, 0.4) is 0 Å². The summed E-state index contributed by atoms with van der Waals surface area (Å²) in [4.78, 5) is 12.7. The van der Waals surface area contributed by atoms with Gasteiger partial charge < -0.3 is 14.2 Å². The van der Waals surface area contributed by atoms with Gasteiger partial charge in [-0.05, 0) is 55.0 Å². The molecule has 150 valence electrons. The molecule has 0 fully saturated rings. The van der Waals surface area contributed by atoms with E-state index >= 15 is 0 Å². The number of nitrogens with zero attached hydrogens (tertiary/aromatic N) is 2. The first-order valence-electron chi connectivity index (χ1n) is 8.81. The largest absolute Gasteiger partial charge is 0.493 e. The van der Waals surface area contributed by atoms with Crippen molar-refractivity contribution in [1.82, 2.24) is 9.78 Å². The molecule has 0 radical (unpaired) electrons. The molecule has 0 amide bonds. The van der Waals surface area contributed by atoms with Crippen molar-refractivity contribution in [3.63, 3.8) is 0 Å². The minimum Gasteiger partial charge on any atom is -0.493 e. The monoisotopic (exact) mass is 396 g/mol. The quantitative estimate of drug-likeness (QED) is 0.442. The van der Waals surface area contributed by atoms with E-state index in [2.05, 4.69) is 5.10 Å². The zero-order valence-corrected chi connectivity index (χ0v) is 16.6. The van der Waals surface area contributed by atoms with Crippen LogP contribution in [0.25, 0.3) is 11.8 Å². The van der Waals surface area contributed by atoms with Gasteiger partial charge in [-0.25, -0.2) is 9.07 Å². The molecule has 0 aliphatic heterocycles. The molecule has 0 unspecified atom stereocenters. The van der Waals surface area contributed by atoms with Gasteiger partial charge >= 0.3 is 0 Å². The molecule has 6 nitrogen and oxygen atoms in total. The zero-order chi connectivity index (χ0) is 21.0. The summed E-state index contributed by atoms with van der Waals surface area (Å²) in [6, 6.07) is 9.41. The van der Waals surface area contributed by atoms with E-state index < -0.39 is 0 Å². The van der Waals surface area contributed by atoms with Gasteiger partial charge in [0.25, 0.3) is 0 Å². The maximum absolute atomic E-state index is 13.1. The van der Waals surface area contributed by atoms with Crippen LogP contribution in [0.1, 0.15) is 21.6 Å². The summed E-state index contributed by atoms with van der Waals surface area (Å²) in [5.74, 6) is 0.946. The SMILES string of the molecule is COc1cc(C=CC(=O)c2cnn(-c3ccc(F)cc3)c2C)cc(OC)c1OC. The summed E-state index contributed by atoms with van der Waals surface area (Å²) in [6.45, 7) is 1.79. The molecular weight excluding hydrogens is 375 g/mol. The van der Waals surface area contributed by atoms with Crippen molar-refractivity contribution in [3.05, 3.63) is 71.3 Å². The third kappa shape index (κ3) is 4.13. The first-order chi connectivity index (χ1) is 14.0. The van der Waals surface area contributed by atoms with Crippen LogP contribution < -0.4 is 14.2 Å². The van der Waals surface area contributed by atoms with Crippen molar-refractivity contribution >= 4 is 11.9 Å². The Balaban J connectivity index is 1.87. The summed E-state index contributed by atoms with van der Waals surface area (Å²) >= 11 is 0. The van der Waals surface area contributed by atoms with Gasteiger partial charge in [0.15, 0.2) is 17.3 Å². The number of aromatic nitrogens is 2. The highest BCUT2D eigenvalue weighted by atomic mass is 19.1. The van der Waals surface area contributed by atoms with Crippen molar-refractivity contribution in [2.24, 2.45) is 0 Å². The molecule has 1 aromatic heterocycles. The highest BCUT2D eigenvalue weighted by Crippen LogP contribution is 2.38. The molecule has 0 aliphatic rings. The fourth-order valence-corrected chi connectivity index (χ4v) is 2.95. The van der Waals surface area contributed by atoms with Crippen molar-refractivity contribution in [3.8, 4) is 22.9 Å². The number of ether oxygens (including phenoxy) is 3. The number of hydrogen-bond acceptors (Lipinski definition) is 5. The van der Waals surface area contributed by atoms with Crippen LogP contribution >= 0.6 is 0 Å². The Morgan fingerprint density at radius 2 is 1.66 bits per heavy atom. The molecule has 1 heterocycles. The summed E-state index contributed by atoms with van der Waals surface area (Å²) in [5.41, 5.74) is 2.52. The van der Waals surface area contributed by atoms with E-state index in [9.17, 15) is 9.18 Å². The minimum absolute atomic E-state index is 0.204. The molecule has 0 saturated carbocycles. The van der Waals surface area contributed by atoms with E-state index in [1.54, 1.807) is 41.9 Å². The Kier molecular flexibility index (Phi) is 5.97. The Morgan fingerprint density at radius 3 is 2.21 bits per heavy atom. The van der Waals surface area contributed by atoms with Crippen LogP contribution in [0.5, 0.6) is 17.2 Å². The minimum atomic E-state index is -0.330. The molecule has 7 heteroatoms. The zero-order valence-electron chi connectivity index (χ0n) is 16.6. The Morgan fingerprint density at radius 1 is 1.03 bits per heavy atom. The number of methoxy groups -OCH3 is 3. The van der Waals surface area contributed by atoms with Gasteiger partial charge in [0, 0.05) is 0 Å². The number of halogens is 1. The van der Waals surface area contributed by atoms with Gasteiger partial charge in [-0.15, -0.1) is 0 Å². The molecule has 29 heavy (non-hydrogen) atoms. The van der Waals surface area contributed by atoms with Gasteiger partial charge in [-0.2, -0.15) is 5.10 Å². The van der Waals surface area contributed by atoms with Crippen LogP contribution in [-0.4, -0.2) is 36.9 Å². The van der Waals surface area contributed by atoms with E-state index in [4.69, 9.17) is 14.2 Å². The highest BCUT2D eigenvalue weighted by Gasteiger charge is 2.15. The van der Waals surface area contributed by atoms with Crippen LogP contribution in [0, 0.1) is 12.7 Å². The number of carbonyl (C=O) groups is 1. The van der Waals surface area contributed by atoms with E-state index in [0.29, 0.717) is 34.2 Å². The van der Waals surface area contributed by atoms with Gasteiger partial charge in [0.2, 0.25) is 5.75 Å². The van der Waals surface area contributed by atoms with Crippen LogP contribution in [-0.2, 0) is 0 Å². The third-order valence-corrected chi connectivity index (χ3v) is 4.46. The molecular formula is C22H21FN2O4. The summed E-state index contributed by atoms with van der Waals surface area (Å²) < 4.78 is 30.7. The topological polar surface area (TPSA) is 62.6 Å². The maximum Gasteiger partial charge on any atom is 0.203 e. The van der Waals surface area contributed by atoms with E-state index in [1.807, 2.05) is 0 Å². The predicted molar refractivity (Wildman–Crippen MR) is 108 cm³/mol. The number of benzene rings is 2. The van der Waals surface area contributed by atoms with Crippen molar-refractivity contribution in [1.29, 1.82) is 0 Å². The van der Waals surface area contributed by atoms with E-state index in [-0.39, 0.29) is 11.6 Å². The molecule has 0 atom stereocenters. The normalized spacial score (nSPS) is 10.9. The number of hydrogen-bond donors (Lipinski definition) is 0. The number of ketones is 1. The van der Waals surface area contributed by atoms with Crippen molar-refractivity contribution in [2.45, 2.75) is 6.92 Å². The summed E-state index contributed by atoms with van der Waals surface area (Å²) in [5, 5.41) is 4.25. The second kappa shape index (κ2) is 8.60. The molecule has 0 aliphatic carbocycles. The standard InChI is InChI=1S/C22H21FN2O4/c1-14-18(13-24-25(14)17-8-6-16(23)7-9-17)19(26)10-5-15-11-20(27-2)22(29-4)21(12-15)28-3/h5-13H,1-4H3. The lowest BCUT2D eigenvalue weighted by Crippen LogP contribution is -2.01. The Hall–Kier alpha value is -3.61. The second-order valence-corrected chi connectivity index (χ2v) is 6.19. The van der Waals surface area contributed by atoms with Crippen LogP contribution in [0.2, 0.25) is 0 Å². The van der Waals surface area contributed by atoms with Gasteiger partial charge in [-0.3, -0.25) is 4.79 Å². The van der Waals surface area contributed by atoms with E-state index in [1.165, 1.54) is 45.7 Å². The Bertz CT molecular complexity index is 1030. The molecule has 0 bridgehead atoms. The summed E-state index contributed by atoms with van der Waals surface area (Å²) in [6.07, 6.45) is 4.63. The summed E-state index contributed by atoms with van der Waals surface area (Å²) in [7, 11) is 4.59. The lowest BCUT2D eigenvalue weighted by atomic mass is 10.1. The predicted octanol–water partition coefficient (Wildman–Crippen LogP) is 4.24. The lowest BCUT2D eigenvalue weighted by molar-refractivity contribution is 0.104. The molecule has 3 rings (SSSR count). The Labute approximate surface area is 168 Å². The van der Waals surface area contributed by atoms with Crippen LogP contribution in [0.4, 0.5) is 4.39 Å². The first-order valence-corrected chi connectivity index (χ1v) is 8.81. The maximum atomic E-state index is 13.1. The van der Waals surface area contributed by atoms with Crippen LogP contribution in [0.15, 0.2) is 48.7 Å². The number of carbonyl (C=O) groups excluding carboxylic acids is 1. The lowest BCUT2D eigenvalue weighted by Gasteiger charge is -2.12. The molecule has 0 N–H and O–H groups in total. The highest BCUT2D eigenvalue weighted by molar-refractivity contribution is 6.07. The number of rotatable bonds is 7. The molecule has 2 aromatic carbocycles. The fourth-order valence-electron chi connectivity index (χ4n) is 2.95. The average molecular weight is 396 g/mol. The van der Waals surface area contributed by atoms with Gasteiger partial charge in [0.05, 0.1) is 44.5 Å². The van der Waals surface area contributed by atoms with Gasteiger partial charge in [0.1, 0.15) is 5.82 Å². The second-order valence-electron chi connectivity index (χ2n) is 6.19. The number of allylic oxidation sites excluding steroid dienone is 1. The smallest absolute Gasteiger partial charge is 0.203 e.